The van der Waals surface area contributed by atoms with Crippen molar-refractivity contribution >= 4 is 11.9 Å². The second kappa shape index (κ2) is 12.0. The molecule has 23 heavy (non-hydrogen) atoms. The first-order valence-electron chi connectivity index (χ1n) is 7.30. The molecule has 2 rings (SSSR count). The van der Waals surface area contributed by atoms with Gasteiger partial charge in [0, 0.05) is 6.21 Å². The van der Waals surface area contributed by atoms with Crippen molar-refractivity contribution < 1.29 is 0 Å². The van der Waals surface area contributed by atoms with Crippen molar-refractivity contribution in [1.82, 2.24) is 6.15 Å². The van der Waals surface area contributed by atoms with Crippen molar-refractivity contribution in [3.8, 4) is 0 Å². The zero-order valence-corrected chi connectivity index (χ0v) is 14.1. The van der Waals surface area contributed by atoms with Gasteiger partial charge in [-0.1, -0.05) is 49.1 Å². The molecule has 0 aliphatic carbocycles. The monoisotopic (exact) mass is 309 g/mol. The first kappa shape index (κ1) is 20.3. The summed E-state index contributed by atoms with van der Waals surface area (Å²) >= 11 is 0. The summed E-state index contributed by atoms with van der Waals surface area (Å²) in [5, 5.41) is 3.87. The number of rotatable bonds is 5. The molecule has 0 aliphatic rings. The number of anilines is 1. The molecule has 3 nitrogen and oxygen atoms in total. The summed E-state index contributed by atoms with van der Waals surface area (Å²) in [4.78, 5) is 0. The molecule has 122 valence electrons. The van der Waals surface area contributed by atoms with Gasteiger partial charge in [-0.3, -0.25) is 5.43 Å². The highest BCUT2D eigenvalue weighted by molar-refractivity contribution is 5.71. The van der Waals surface area contributed by atoms with E-state index < -0.39 is 0 Å². The Labute approximate surface area is 140 Å². The normalized spacial score (nSPS) is 9.30. The van der Waals surface area contributed by atoms with Crippen LogP contribution >= 0.6 is 0 Å². The number of hydrogen-bond acceptors (Lipinski definition) is 3. The molecule has 0 amide bonds. The van der Waals surface area contributed by atoms with E-state index in [1.807, 2.05) is 36.4 Å². The molecule has 0 unspecified atom stereocenters. The maximum absolute atomic E-state index is 3.87. The van der Waals surface area contributed by atoms with E-state index in [4.69, 9.17) is 0 Å². The highest BCUT2D eigenvalue weighted by Gasteiger charge is 1.96. The number of aryl methyl sites for hydroxylation is 1. The van der Waals surface area contributed by atoms with Gasteiger partial charge >= 0.3 is 0 Å². The van der Waals surface area contributed by atoms with Crippen LogP contribution in [0.4, 0.5) is 5.69 Å². The summed E-state index contributed by atoms with van der Waals surface area (Å²) in [6, 6.07) is 16.1. The lowest BCUT2D eigenvalue weighted by atomic mass is 10.0. The Kier molecular flexibility index (Phi) is 10.6. The van der Waals surface area contributed by atoms with Crippen molar-refractivity contribution in [2.24, 2.45) is 5.10 Å². The molecule has 0 saturated heterocycles. The molecule has 0 atom stereocenters. The average Bonchev–Trinajstić information content (AvgIpc) is 2.54. The van der Waals surface area contributed by atoms with Crippen LogP contribution in [-0.4, -0.2) is 6.21 Å². The molecule has 4 N–H and O–H groups in total. The number of benzene rings is 2. The quantitative estimate of drug-likeness (QED) is 0.437. The molecule has 2 aromatic rings. The molecular formula is C20H27N3. The SMILES string of the molecule is C=CC=NNc1ccccc1.C=CCc1cccc(C)c1C.N. The van der Waals surface area contributed by atoms with E-state index in [1.54, 1.807) is 12.3 Å². The molecule has 0 aliphatic heterocycles. The number of allylic oxidation sites excluding steroid dienone is 2. The van der Waals surface area contributed by atoms with E-state index in [1.165, 1.54) is 16.7 Å². The van der Waals surface area contributed by atoms with Gasteiger partial charge in [0.25, 0.3) is 0 Å². The predicted molar refractivity (Wildman–Crippen MR) is 104 cm³/mol. The van der Waals surface area contributed by atoms with Crippen molar-refractivity contribution in [2.75, 3.05) is 5.43 Å². The molecule has 0 heterocycles. The Morgan fingerprint density at radius 2 is 1.70 bits per heavy atom. The number of hydrogen-bond donors (Lipinski definition) is 2. The number of para-hydroxylation sites is 1. The van der Waals surface area contributed by atoms with Crippen LogP contribution in [0.25, 0.3) is 0 Å². The Hall–Kier alpha value is -2.65. The van der Waals surface area contributed by atoms with Gasteiger partial charge in [-0.2, -0.15) is 5.10 Å². The summed E-state index contributed by atoms with van der Waals surface area (Å²) in [7, 11) is 0. The molecule has 0 saturated carbocycles. The smallest absolute Gasteiger partial charge is 0.0561 e. The molecule has 3 heteroatoms. The zero-order valence-electron chi connectivity index (χ0n) is 14.1. The summed E-state index contributed by atoms with van der Waals surface area (Å²) < 4.78 is 0. The minimum absolute atomic E-state index is 0. The Balaban J connectivity index is 0.000000403. The summed E-state index contributed by atoms with van der Waals surface area (Å²) in [6.45, 7) is 11.5. The van der Waals surface area contributed by atoms with Gasteiger partial charge in [-0.05, 0) is 55.2 Å². The van der Waals surface area contributed by atoms with E-state index in [-0.39, 0.29) is 6.15 Å². The minimum atomic E-state index is 0. The van der Waals surface area contributed by atoms with E-state index >= 15 is 0 Å². The van der Waals surface area contributed by atoms with E-state index in [9.17, 15) is 0 Å². The van der Waals surface area contributed by atoms with Crippen molar-refractivity contribution in [2.45, 2.75) is 20.3 Å². The molecule has 0 radical (unpaired) electrons. The topological polar surface area (TPSA) is 59.4 Å². The fourth-order valence-electron chi connectivity index (χ4n) is 1.87. The predicted octanol–water partition coefficient (Wildman–Crippen LogP) is 5.46. The zero-order chi connectivity index (χ0) is 16.2. The lowest BCUT2D eigenvalue weighted by Crippen LogP contribution is -1.88. The van der Waals surface area contributed by atoms with Crippen LogP contribution < -0.4 is 11.6 Å². The number of hydrazone groups is 1. The summed E-state index contributed by atoms with van der Waals surface area (Å²) in [5.74, 6) is 0. The van der Waals surface area contributed by atoms with Gasteiger partial charge in [-0.25, -0.2) is 0 Å². The van der Waals surface area contributed by atoms with Gasteiger partial charge in [-0.15, -0.1) is 6.58 Å². The van der Waals surface area contributed by atoms with Crippen molar-refractivity contribution in [3.05, 3.63) is 90.5 Å². The molecule has 0 aromatic heterocycles. The summed E-state index contributed by atoms with van der Waals surface area (Å²) in [5.41, 5.74) is 7.97. The van der Waals surface area contributed by atoms with Crippen LogP contribution in [0.5, 0.6) is 0 Å². The first-order chi connectivity index (χ1) is 10.7. The molecule has 0 fully saturated rings. The lowest BCUT2D eigenvalue weighted by molar-refractivity contribution is 1.18. The van der Waals surface area contributed by atoms with E-state index in [0.29, 0.717) is 0 Å². The van der Waals surface area contributed by atoms with Crippen LogP contribution in [0.15, 0.2) is 78.9 Å². The Morgan fingerprint density at radius 3 is 2.30 bits per heavy atom. The third kappa shape index (κ3) is 7.79. The second-order valence-corrected chi connectivity index (χ2v) is 4.84. The third-order valence-electron chi connectivity index (χ3n) is 3.23. The van der Waals surface area contributed by atoms with E-state index in [2.05, 4.69) is 55.7 Å². The van der Waals surface area contributed by atoms with Gasteiger partial charge in [0.15, 0.2) is 0 Å². The van der Waals surface area contributed by atoms with Crippen LogP contribution in [-0.2, 0) is 6.42 Å². The molecule has 2 aromatic carbocycles. The molecule has 0 bridgehead atoms. The Morgan fingerprint density at radius 1 is 1.00 bits per heavy atom. The molecular weight excluding hydrogens is 282 g/mol. The first-order valence-corrected chi connectivity index (χ1v) is 7.30. The highest BCUT2D eigenvalue weighted by Crippen LogP contribution is 2.12. The van der Waals surface area contributed by atoms with Crippen LogP contribution in [0.2, 0.25) is 0 Å². The fourth-order valence-corrected chi connectivity index (χ4v) is 1.87. The largest absolute Gasteiger partial charge is 0.344 e. The average molecular weight is 309 g/mol. The van der Waals surface area contributed by atoms with Crippen molar-refractivity contribution in [3.63, 3.8) is 0 Å². The maximum Gasteiger partial charge on any atom is 0.0561 e. The van der Waals surface area contributed by atoms with Gasteiger partial charge in [0.05, 0.1) is 5.69 Å². The Bertz CT molecular complexity index is 616. The summed E-state index contributed by atoms with van der Waals surface area (Å²) in [6.07, 6.45) is 6.15. The van der Waals surface area contributed by atoms with Gasteiger partial charge in [0.2, 0.25) is 0 Å². The fraction of sp³-hybridized carbons (Fsp3) is 0.150. The number of nitrogens with zero attached hydrogens (tertiary/aromatic N) is 1. The maximum atomic E-state index is 3.87. The van der Waals surface area contributed by atoms with Crippen LogP contribution in [0, 0.1) is 13.8 Å². The minimum Gasteiger partial charge on any atom is -0.344 e. The van der Waals surface area contributed by atoms with Crippen LogP contribution in [0.3, 0.4) is 0 Å². The van der Waals surface area contributed by atoms with Gasteiger partial charge < -0.3 is 6.15 Å². The lowest BCUT2D eigenvalue weighted by Gasteiger charge is -2.04. The van der Waals surface area contributed by atoms with Crippen molar-refractivity contribution in [1.29, 1.82) is 0 Å². The van der Waals surface area contributed by atoms with Crippen LogP contribution in [0.1, 0.15) is 16.7 Å². The standard InChI is InChI=1S/C11H14.C9H10N2.H3N/c1-4-6-11-8-5-7-9(2)10(11)3;1-2-8-10-11-9-6-4-3-5-7-9;/h4-5,7-8H,1,6H2,2-3H3;2-8,11H,1H2;1H3. The van der Waals surface area contributed by atoms with E-state index in [0.717, 1.165) is 12.1 Å². The second-order valence-electron chi connectivity index (χ2n) is 4.84. The van der Waals surface area contributed by atoms with Gasteiger partial charge in [0.1, 0.15) is 0 Å². The highest BCUT2D eigenvalue weighted by atomic mass is 15.3. The number of nitrogens with one attached hydrogen (secondary N) is 1. The molecule has 0 spiro atoms. The third-order valence-corrected chi connectivity index (χ3v) is 3.23.